The van der Waals surface area contributed by atoms with E-state index in [4.69, 9.17) is 17.3 Å². The summed E-state index contributed by atoms with van der Waals surface area (Å²) < 4.78 is 0. The quantitative estimate of drug-likeness (QED) is 0.887. The third-order valence-electron chi connectivity index (χ3n) is 2.29. The fraction of sp³-hybridized carbons (Fsp3) is 0. The number of nitrogens with zero attached hydrogens (tertiary/aromatic N) is 2. The Morgan fingerprint density at radius 1 is 1.16 bits per heavy atom. The molecule has 1 heterocycles. The summed E-state index contributed by atoms with van der Waals surface area (Å²) in [4.78, 5) is 30.7. The Morgan fingerprint density at radius 2 is 1.84 bits per heavy atom. The number of aromatic nitrogens is 2. The van der Waals surface area contributed by atoms with Crippen LogP contribution in [0.3, 0.4) is 0 Å². The van der Waals surface area contributed by atoms with E-state index in [-0.39, 0.29) is 22.1 Å². The van der Waals surface area contributed by atoms with E-state index in [0.717, 1.165) is 0 Å². The van der Waals surface area contributed by atoms with Crippen molar-refractivity contribution in [3.8, 4) is 0 Å². The molecule has 0 spiro atoms. The van der Waals surface area contributed by atoms with Crippen molar-refractivity contribution in [1.82, 2.24) is 9.97 Å². The predicted octanol–water partition coefficient (Wildman–Crippen LogP) is 1.48. The summed E-state index contributed by atoms with van der Waals surface area (Å²) >= 11 is 5.78. The molecule has 2 aromatic rings. The molecule has 3 N–H and O–H groups in total. The summed E-state index contributed by atoms with van der Waals surface area (Å²) in [6.07, 6.45) is 2.81. The zero-order valence-electron chi connectivity index (χ0n) is 9.63. The molecule has 0 aliphatic carbocycles. The van der Waals surface area contributed by atoms with Gasteiger partial charge < -0.3 is 11.1 Å². The Hall–Kier alpha value is -2.47. The van der Waals surface area contributed by atoms with Crippen LogP contribution in [-0.4, -0.2) is 21.8 Å². The van der Waals surface area contributed by atoms with Crippen LogP contribution >= 0.6 is 11.6 Å². The van der Waals surface area contributed by atoms with Gasteiger partial charge in [0.05, 0.1) is 0 Å². The maximum atomic E-state index is 12.0. The molecule has 0 radical (unpaired) electrons. The molecule has 0 atom stereocenters. The van der Waals surface area contributed by atoms with E-state index < -0.39 is 11.8 Å². The number of carbonyl (C=O) groups is 2. The summed E-state index contributed by atoms with van der Waals surface area (Å²) in [5.74, 6) is -0.906. The first kappa shape index (κ1) is 13.0. The lowest BCUT2D eigenvalue weighted by molar-refractivity contribution is 0.1000. The number of nitrogens with one attached hydrogen (secondary N) is 1. The molecule has 6 nitrogen and oxygen atoms in total. The van der Waals surface area contributed by atoms with Gasteiger partial charge >= 0.3 is 0 Å². The number of nitrogens with two attached hydrogens (primary N) is 1. The maximum Gasteiger partial charge on any atom is 0.256 e. The number of amides is 2. The van der Waals surface area contributed by atoms with Crippen LogP contribution < -0.4 is 11.1 Å². The van der Waals surface area contributed by atoms with Gasteiger partial charge in [-0.3, -0.25) is 9.59 Å². The minimum atomic E-state index is -0.604. The fourth-order valence-corrected chi connectivity index (χ4v) is 1.55. The molecule has 19 heavy (non-hydrogen) atoms. The van der Waals surface area contributed by atoms with Gasteiger partial charge in [-0.15, -0.1) is 0 Å². The molecule has 0 unspecified atom stereocenters. The zero-order chi connectivity index (χ0) is 13.8. The predicted molar refractivity (Wildman–Crippen MR) is 70.0 cm³/mol. The van der Waals surface area contributed by atoms with E-state index in [1.165, 1.54) is 24.5 Å². The lowest BCUT2D eigenvalue weighted by Gasteiger charge is -2.05. The van der Waals surface area contributed by atoms with Crippen LogP contribution in [0.1, 0.15) is 20.7 Å². The smallest absolute Gasteiger partial charge is 0.256 e. The molecule has 0 aliphatic heterocycles. The van der Waals surface area contributed by atoms with Crippen molar-refractivity contribution in [2.75, 3.05) is 5.32 Å². The highest BCUT2D eigenvalue weighted by Crippen LogP contribution is 2.15. The van der Waals surface area contributed by atoms with Crippen LogP contribution in [0.4, 0.5) is 5.82 Å². The molecule has 1 aromatic carbocycles. The molecule has 0 saturated carbocycles. The lowest BCUT2D eigenvalue weighted by atomic mass is 10.1. The Balaban J connectivity index is 2.23. The van der Waals surface area contributed by atoms with Crippen LogP contribution in [0.15, 0.2) is 36.7 Å². The van der Waals surface area contributed by atoms with Gasteiger partial charge in [-0.1, -0.05) is 17.7 Å². The molecular weight excluding hydrogens is 268 g/mol. The molecule has 2 amide bonds. The molecular formula is C12H9ClN4O2. The highest BCUT2D eigenvalue weighted by atomic mass is 35.5. The van der Waals surface area contributed by atoms with E-state index in [0.29, 0.717) is 0 Å². The SMILES string of the molecule is NC(=O)c1cccc(C(=O)Nc2nccnc2Cl)c1. The Labute approximate surface area is 113 Å². The average molecular weight is 277 g/mol. The van der Waals surface area contributed by atoms with Crippen LogP contribution in [0.5, 0.6) is 0 Å². The summed E-state index contributed by atoms with van der Waals surface area (Å²) in [7, 11) is 0. The third-order valence-corrected chi connectivity index (χ3v) is 2.57. The first-order chi connectivity index (χ1) is 9.08. The fourth-order valence-electron chi connectivity index (χ4n) is 1.40. The number of primary amides is 1. The molecule has 0 aliphatic rings. The molecule has 7 heteroatoms. The first-order valence-corrected chi connectivity index (χ1v) is 5.63. The first-order valence-electron chi connectivity index (χ1n) is 5.25. The van der Waals surface area contributed by atoms with E-state index in [1.54, 1.807) is 12.1 Å². The second-order valence-electron chi connectivity index (χ2n) is 3.59. The minimum Gasteiger partial charge on any atom is -0.366 e. The van der Waals surface area contributed by atoms with Crippen LogP contribution in [0, 0.1) is 0 Å². The van der Waals surface area contributed by atoms with Crippen LogP contribution in [-0.2, 0) is 0 Å². The number of benzene rings is 1. The van der Waals surface area contributed by atoms with Crippen molar-refractivity contribution in [1.29, 1.82) is 0 Å². The van der Waals surface area contributed by atoms with Gasteiger partial charge in [0.1, 0.15) is 0 Å². The van der Waals surface area contributed by atoms with E-state index in [1.807, 2.05) is 0 Å². The van der Waals surface area contributed by atoms with Crippen LogP contribution in [0.25, 0.3) is 0 Å². The van der Waals surface area contributed by atoms with Crippen molar-refractivity contribution < 1.29 is 9.59 Å². The number of anilines is 1. The second-order valence-corrected chi connectivity index (χ2v) is 3.95. The van der Waals surface area contributed by atoms with Crippen LogP contribution in [0.2, 0.25) is 5.15 Å². The molecule has 96 valence electrons. The highest BCUT2D eigenvalue weighted by Gasteiger charge is 2.11. The number of halogens is 1. The Morgan fingerprint density at radius 3 is 2.53 bits per heavy atom. The molecule has 0 bridgehead atoms. The lowest BCUT2D eigenvalue weighted by Crippen LogP contribution is -2.16. The van der Waals surface area contributed by atoms with E-state index in [9.17, 15) is 9.59 Å². The standard InChI is InChI=1S/C12H9ClN4O2/c13-9-11(16-5-4-15-9)17-12(19)8-3-1-2-7(6-8)10(14)18/h1-6H,(H2,14,18)(H,16,17,19). The second kappa shape index (κ2) is 5.45. The van der Waals surface area contributed by atoms with Gasteiger partial charge in [0.2, 0.25) is 5.91 Å². The van der Waals surface area contributed by atoms with Gasteiger partial charge in [0, 0.05) is 23.5 Å². The topological polar surface area (TPSA) is 98.0 Å². The zero-order valence-corrected chi connectivity index (χ0v) is 10.4. The number of hydrogen-bond acceptors (Lipinski definition) is 4. The molecule has 0 saturated heterocycles. The minimum absolute atomic E-state index is 0.0851. The van der Waals surface area contributed by atoms with Gasteiger partial charge in [-0.25, -0.2) is 9.97 Å². The van der Waals surface area contributed by atoms with E-state index >= 15 is 0 Å². The Bertz CT molecular complexity index is 645. The van der Waals surface area contributed by atoms with Crippen molar-refractivity contribution in [3.63, 3.8) is 0 Å². The highest BCUT2D eigenvalue weighted by molar-refractivity contribution is 6.32. The number of carbonyl (C=O) groups excluding carboxylic acids is 2. The van der Waals surface area contributed by atoms with Crippen molar-refractivity contribution in [3.05, 3.63) is 52.9 Å². The summed E-state index contributed by atoms with van der Waals surface area (Å²) in [5.41, 5.74) is 5.67. The Kier molecular flexibility index (Phi) is 3.72. The van der Waals surface area contributed by atoms with Crippen molar-refractivity contribution in [2.45, 2.75) is 0 Å². The van der Waals surface area contributed by atoms with Gasteiger partial charge in [-0.05, 0) is 18.2 Å². The van der Waals surface area contributed by atoms with Gasteiger partial charge in [0.25, 0.3) is 5.91 Å². The third kappa shape index (κ3) is 3.05. The maximum absolute atomic E-state index is 12.0. The largest absolute Gasteiger partial charge is 0.366 e. The number of hydrogen-bond donors (Lipinski definition) is 2. The summed E-state index contributed by atoms with van der Waals surface area (Å²) in [6, 6.07) is 6.02. The number of rotatable bonds is 3. The molecule has 1 aromatic heterocycles. The van der Waals surface area contributed by atoms with Gasteiger partial charge in [0.15, 0.2) is 11.0 Å². The molecule has 0 fully saturated rings. The van der Waals surface area contributed by atoms with Crippen molar-refractivity contribution >= 4 is 29.2 Å². The van der Waals surface area contributed by atoms with E-state index in [2.05, 4.69) is 15.3 Å². The monoisotopic (exact) mass is 276 g/mol. The normalized spacial score (nSPS) is 9.95. The summed E-state index contributed by atoms with van der Waals surface area (Å²) in [6.45, 7) is 0. The van der Waals surface area contributed by atoms with Crippen molar-refractivity contribution in [2.24, 2.45) is 5.73 Å². The average Bonchev–Trinajstić information content (AvgIpc) is 2.41. The molecule has 2 rings (SSSR count). The van der Waals surface area contributed by atoms with Gasteiger partial charge in [-0.2, -0.15) is 0 Å². The summed E-state index contributed by atoms with van der Waals surface area (Å²) in [5, 5.41) is 2.58.